The topological polar surface area (TPSA) is 249 Å². The lowest BCUT2D eigenvalue weighted by atomic mass is 10.1. The number of phenolic OH excluding ortho intramolecular Hbond substituents is 2. The third-order valence-electron chi connectivity index (χ3n) is 8.46. The van der Waals surface area contributed by atoms with Crippen LogP contribution in [0.4, 0.5) is 27.5 Å². The van der Waals surface area contributed by atoms with Crippen LogP contribution in [0.15, 0.2) is 107 Å². The van der Waals surface area contributed by atoms with E-state index in [1.807, 2.05) is 0 Å². The number of urea groups is 1. The summed E-state index contributed by atoms with van der Waals surface area (Å²) < 4.78 is 67.0. The number of rotatable bonds is 8. The summed E-state index contributed by atoms with van der Waals surface area (Å²) in [5.74, 6) is -3.11. The van der Waals surface area contributed by atoms with Gasteiger partial charge in [0.25, 0.3) is 32.1 Å². The normalized spacial score (nSPS) is 11.6. The van der Waals surface area contributed by atoms with Gasteiger partial charge in [0.05, 0.1) is 11.4 Å². The molecule has 0 unspecified atom stereocenters. The summed E-state index contributed by atoms with van der Waals surface area (Å²) in [6.45, 7) is 3.13. The minimum absolute atomic E-state index is 0.00711. The summed E-state index contributed by atoms with van der Waals surface area (Å²) in [5.41, 5.74) is 1.50. The average Bonchev–Trinajstić information content (AvgIpc) is 3.09. The van der Waals surface area contributed by atoms with Crippen molar-refractivity contribution in [1.29, 1.82) is 0 Å². The number of phenols is 2. The molecule has 54 heavy (non-hydrogen) atoms. The quantitative estimate of drug-likeness (QED) is 0.0628. The van der Waals surface area contributed by atoms with Crippen LogP contribution in [0.25, 0.3) is 21.5 Å². The van der Waals surface area contributed by atoms with Gasteiger partial charge in [-0.05, 0) is 84.3 Å². The summed E-state index contributed by atoms with van der Waals surface area (Å²) in [4.78, 5) is 37.4. The molecule has 0 spiro atoms. The van der Waals surface area contributed by atoms with Crippen LogP contribution in [0.3, 0.4) is 0 Å². The van der Waals surface area contributed by atoms with Gasteiger partial charge in [-0.1, -0.05) is 48.5 Å². The fourth-order valence-corrected chi connectivity index (χ4v) is 7.17. The maximum Gasteiger partial charge on any atom is 0.328 e. The van der Waals surface area contributed by atoms with E-state index < -0.39 is 59.4 Å². The molecule has 17 heteroatoms. The first-order valence-corrected chi connectivity index (χ1v) is 18.7. The second-order valence-corrected chi connectivity index (χ2v) is 14.9. The highest BCUT2D eigenvalue weighted by Crippen LogP contribution is 2.41. The van der Waals surface area contributed by atoms with Gasteiger partial charge in [0.2, 0.25) is 0 Å². The molecule has 8 N–H and O–H groups in total. The van der Waals surface area contributed by atoms with E-state index in [0.29, 0.717) is 44.0 Å². The minimum atomic E-state index is -4.77. The summed E-state index contributed by atoms with van der Waals surface area (Å²) in [6.07, 6.45) is 0. The van der Waals surface area contributed by atoms with E-state index in [4.69, 9.17) is 0 Å². The number of benzene rings is 6. The van der Waals surface area contributed by atoms with Crippen LogP contribution in [0.5, 0.6) is 11.5 Å². The Bertz CT molecular complexity index is 2600. The zero-order valence-corrected chi connectivity index (χ0v) is 29.8. The Balaban J connectivity index is 1.15. The Morgan fingerprint density at radius 2 is 0.907 bits per heavy atom. The van der Waals surface area contributed by atoms with E-state index in [9.17, 15) is 50.5 Å². The number of hydrogen-bond donors (Lipinski definition) is 8. The summed E-state index contributed by atoms with van der Waals surface area (Å²) in [7, 11) is -9.55. The van der Waals surface area contributed by atoms with Crippen molar-refractivity contribution in [2.45, 2.75) is 23.6 Å². The molecule has 0 saturated carbocycles. The van der Waals surface area contributed by atoms with Gasteiger partial charge in [0.1, 0.15) is 9.79 Å². The number of aryl methyl sites for hydroxylation is 2. The van der Waals surface area contributed by atoms with Crippen molar-refractivity contribution in [1.82, 2.24) is 10.6 Å². The van der Waals surface area contributed by atoms with Crippen molar-refractivity contribution in [2.24, 2.45) is 0 Å². The lowest BCUT2D eigenvalue weighted by molar-refractivity contribution is 0.0944. The number of imide groups is 2. The van der Waals surface area contributed by atoms with Gasteiger partial charge in [-0.2, -0.15) is 16.8 Å². The fourth-order valence-electron chi connectivity index (χ4n) is 5.92. The van der Waals surface area contributed by atoms with Crippen molar-refractivity contribution in [3.05, 3.63) is 119 Å². The van der Waals surface area contributed by atoms with Crippen LogP contribution in [-0.4, -0.2) is 54.0 Å². The van der Waals surface area contributed by atoms with Crippen molar-refractivity contribution < 1.29 is 50.5 Å². The molecular weight excluding hydrogens is 741 g/mol. The molecule has 4 amide bonds. The SMILES string of the molecule is Cc1cc(Nc2c(O)c(S(=O)(=O)O)cc3ccccc23)ccc1C(=O)NC(=O)NC(=O)c1ccc(Nc2c(O)c(S(=O)(=O)O)cc3ccccc23)cc1C. The number of carbonyl (C=O) groups is 3. The van der Waals surface area contributed by atoms with Gasteiger partial charge in [-0.3, -0.25) is 29.3 Å². The fraction of sp³-hybridized carbons (Fsp3) is 0.0541. The first kappa shape index (κ1) is 37.2. The highest BCUT2D eigenvalue weighted by Gasteiger charge is 2.24. The molecule has 0 bridgehead atoms. The van der Waals surface area contributed by atoms with E-state index in [1.165, 1.54) is 36.4 Å². The second-order valence-electron chi connectivity index (χ2n) is 12.1. The maximum atomic E-state index is 13.0. The lowest BCUT2D eigenvalue weighted by Gasteiger charge is -2.16. The van der Waals surface area contributed by atoms with Crippen LogP contribution in [-0.2, 0) is 20.2 Å². The Hall–Kier alpha value is -6.53. The molecule has 0 aliphatic rings. The van der Waals surface area contributed by atoms with Crippen molar-refractivity contribution in [3.63, 3.8) is 0 Å². The van der Waals surface area contributed by atoms with Gasteiger partial charge in [-0.15, -0.1) is 0 Å². The number of anilines is 4. The van der Waals surface area contributed by atoms with E-state index >= 15 is 0 Å². The Morgan fingerprint density at radius 3 is 1.26 bits per heavy atom. The number of aromatic hydroxyl groups is 2. The molecule has 0 aromatic heterocycles. The summed E-state index contributed by atoms with van der Waals surface area (Å²) in [6, 6.07) is 22.9. The van der Waals surface area contributed by atoms with Crippen LogP contribution in [0.2, 0.25) is 0 Å². The predicted octanol–water partition coefficient (Wildman–Crippen LogP) is 6.28. The molecule has 276 valence electrons. The van der Waals surface area contributed by atoms with Gasteiger partial charge in [0, 0.05) is 33.3 Å². The molecule has 0 fully saturated rings. The molecular formula is C37H30N4O11S2. The maximum absolute atomic E-state index is 13.0. The molecule has 15 nitrogen and oxygen atoms in total. The first-order chi connectivity index (χ1) is 25.4. The predicted molar refractivity (Wildman–Crippen MR) is 200 cm³/mol. The zero-order valence-electron chi connectivity index (χ0n) is 28.2. The first-order valence-electron chi connectivity index (χ1n) is 15.8. The van der Waals surface area contributed by atoms with Crippen LogP contribution in [0.1, 0.15) is 31.8 Å². The molecule has 0 heterocycles. The molecule has 6 aromatic carbocycles. The van der Waals surface area contributed by atoms with Crippen molar-refractivity contribution >= 4 is 82.4 Å². The lowest BCUT2D eigenvalue weighted by Crippen LogP contribution is -2.42. The van der Waals surface area contributed by atoms with Crippen molar-refractivity contribution in [3.8, 4) is 11.5 Å². The van der Waals surface area contributed by atoms with Gasteiger partial charge >= 0.3 is 6.03 Å². The number of hydrogen-bond acceptors (Lipinski definition) is 11. The molecule has 6 aromatic rings. The third kappa shape index (κ3) is 7.50. The van der Waals surface area contributed by atoms with E-state index in [-0.39, 0.29) is 22.5 Å². The molecule has 6 rings (SSSR count). The van der Waals surface area contributed by atoms with Gasteiger partial charge in [0.15, 0.2) is 11.5 Å². The van der Waals surface area contributed by atoms with Gasteiger partial charge in [-0.25, -0.2) is 4.79 Å². The molecule has 0 radical (unpaired) electrons. The molecule has 0 aliphatic carbocycles. The second kappa shape index (κ2) is 14.1. The van der Waals surface area contributed by atoms with E-state index in [2.05, 4.69) is 21.3 Å². The van der Waals surface area contributed by atoms with Crippen LogP contribution < -0.4 is 21.3 Å². The van der Waals surface area contributed by atoms with Gasteiger partial charge < -0.3 is 20.8 Å². The van der Waals surface area contributed by atoms with E-state index in [0.717, 1.165) is 12.1 Å². The number of fused-ring (bicyclic) bond motifs is 2. The largest absolute Gasteiger partial charge is 0.504 e. The minimum Gasteiger partial charge on any atom is -0.504 e. The number of amides is 4. The molecule has 0 aliphatic heterocycles. The smallest absolute Gasteiger partial charge is 0.328 e. The van der Waals surface area contributed by atoms with Crippen LogP contribution >= 0.6 is 0 Å². The standard InChI is InChI=1S/C37H30N4O11S2/c1-19-15-23(38-31-27-9-5-3-7-21(27)17-29(33(31)42)53(47,48)49)11-13-25(19)35(44)40-37(46)41-36(45)26-14-12-24(16-20(26)2)39-32-28-10-6-4-8-22(28)18-30(34(32)43)54(50,51)52/h3-18,38-39,42-43H,1-2H3,(H,47,48,49)(H,50,51,52)(H2,40,41,44,45,46). The molecule has 0 atom stereocenters. The third-order valence-corrected chi connectivity index (χ3v) is 10.2. The monoisotopic (exact) mass is 770 g/mol. The summed E-state index contributed by atoms with van der Waals surface area (Å²) in [5, 5.41) is 33.3. The number of carbonyl (C=O) groups excluding carboxylic acids is 3. The highest BCUT2D eigenvalue weighted by molar-refractivity contribution is 7.86. The highest BCUT2D eigenvalue weighted by atomic mass is 32.2. The van der Waals surface area contributed by atoms with E-state index in [1.54, 1.807) is 62.4 Å². The number of nitrogens with one attached hydrogen (secondary N) is 4. The Labute approximate surface area is 307 Å². The van der Waals surface area contributed by atoms with Crippen LogP contribution in [0, 0.1) is 13.8 Å². The zero-order chi connectivity index (χ0) is 39.1. The summed E-state index contributed by atoms with van der Waals surface area (Å²) >= 11 is 0. The average molecular weight is 771 g/mol. The Kier molecular flexibility index (Phi) is 9.74. The molecule has 0 saturated heterocycles. The van der Waals surface area contributed by atoms with Crippen molar-refractivity contribution in [2.75, 3.05) is 10.6 Å². The Morgan fingerprint density at radius 1 is 0.537 bits per heavy atom.